The minimum atomic E-state index is 0.705. The molecule has 0 aliphatic rings. The number of nitrogens with two attached hydrogens (primary N) is 1. The smallest absolute Gasteiger partial charge is 0.121 e. The largest absolute Gasteiger partial charge is 0.497 e. The van der Waals surface area contributed by atoms with Crippen LogP contribution in [0.1, 0.15) is 11.1 Å². The van der Waals surface area contributed by atoms with Gasteiger partial charge in [0.25, 0.3) is 0 Å². The Balaban J connectivity index is 2.36. The molecule has 0 amide bonds. The highest BCUT2D eigenvalue weighted by atomic mass is 16.5. The van der Waals surface area contributed by atoms with Gasteiger partial charge in [-0.15, -0.1) is 0 Å². The number of aryl methyl sites for hydroxylation is 1. The summed E-state index contributed by atoms with van der Waals surface area (Å²) in [5, 5.41) is 3.35. The van der Waals surface area contributed by atoms with Crippen LogP contribution in [-0.2, 0) is 0 Å². The standard InChI is InChI=1S/C15H18N2O/c1-10-5-4-6-14(11(10)2)17-15-9-12(18-3)7-8-13(15)16/h4-9,17H,16H2,1-3H3. The molecule has 0 fully saturated rings. The van der Waals surface area contributed by atoms with Crippen LogP contribution in [0.15, 0.2) is 36.4 Å². The van der Waals surface area contributed by atoms with Gasteiger partial charge in [0.15, 0.2) is 0 Å². The monoisotopic (exact) mass is 242 g/mol. The second-order valence-corrected chi connectivity index (χ2v) is 4.33. The molecule has 0 radical (unpaired) electrons. The Hall–Kier alpha value is -2.16. The van der Waals surface area contributed by atoms with Crippen LogP contribution in [0.25, 0.3) is 0 Å². The minimum Gasteiger partial charge on any atom is -0.497 e. The van der Waals surface area contributed by atoms with Crippen molar-refractivity contribution in [3.05, 3.63) is 47.5 Å². The molecule has 2 aromatic rings. The first kappa shape index (κ1) is 12.3. The molecule has 0 aromatic heterocycles. The van der Waals surface area contributed by atoms with Crippen molar-refractivity contribution in [3.8, 4) is 5.75 Å². The lowest BCUT2D eigenvalue weighted by Crippen LogP contribution is -1.99. The first-order valence-corrected chi connectivity index (χ1v) is 5.88. The van der Waals surface area contributed by atoms with Gasteiger partial charge in [-0.2, -0.15) is 0 Å². The molecule has 94 valence electrons. The Morgan fingerprint density at radius 3 is 2.56 bits per heavy atom. The Morgan fingerprint density at radius 1 is 1.06 bits per heavy atom. The van der Waals surface area contributed by atoms with Gasteiger partial charge in [0.2, 0.25) is 0 Å². The lowest BCUT2D eigenvalue weighted by atomic mass is 10.1. The van der Waals surface area contributed by atoms with E-state index >= 15 is 0 Å². The van der Waals surface area contributed by atoms with Crippen LogP contribution in [0.4, 0.5) is 17.1 Å². The first-order valence-electron chi connectivity index (χ1n) is 5.88. The highest BCUT2D eigenvalue weighted by Crippen LogP contribution is 2.29. The molecule has 3 nitrogen and oxygen atoms in total. The van der Waals surface area contributed by atoms with Gasteiger partial charge in [-0.25, -0.2) is 0 Å². The predicted molar refractivity (Wildman–Crippen MR) is 76.6 cm³/mol. The van der Waals surface area contributed by atoms with Crippen molar-refractivity contribution in [3.63, 3.8) is 0 Å². The number of rotatable bonds is 3. The van der Waals surface area contributed by atoms with Crippen molar-refractivity contribution in [1.29, 1.82) is 0 Å². The van der Waals surface area contributed by atoms with Crippen LogP contribution in [0.3, 0.4) is 0 Å². The normalized spacial score (nSPS) is 10.2. The van der Waals surface area contributed by atoms with Gasteiger partial charge in [-0.05, 0) is 43.2 Å². The summed E-state index contributed by atoms with van der Waals surface area (Å²) in [4.78, 5) is 0. The number of ether oxygens (including phenoxy) is 1. The van der Waals surface area contributed by atoms with Crippen LogP contribution < -0.4 is 15.8 Å². The lowest BCUT2D eigenvalue weighted by molar-refractivity contribution is 0.415. The zero-order valence-electron chi connectivity index (χ0n) is 10.9. The van der Waals surface area contributed by atoms with Gasteiger partial charge in [0.05, 0.1) is 18.5 Å². The third kappa shape index (κ3) is 2.40. The summed E-state index contributed by atoms with van der Waals surface area (Å²) in [7, 11) is 1.65. The van der Waals surface area contributed by atoms with Crippen LogP contribution in [-0.4, -0.2) is 7.11 Å². The molecule has 0 saturated heterocycles. The Labute approximate surface area is 108 Å². The predicted octanol–water partition coefficient (Wildman–Crippen LogP) is 3.64. The molecule has 2 aromatic carbocycles. The molecule has 0 atom stereocenters. The Kier molecular flexibility index (Phi) is 3.42. The van der Waals surface area contributed by atoms with Crippen LogP contribution in [0, 0.1) is 13.8 Å². The number of anilines is 3. The topological polar surface area (TPSA) is 47.3 Å². The molecular formula is C15H18N2O. The lowest BCUT2D eigenvalue weighted by Gasteiger charge is -2.14. The summed E-state index contributed by atoms with van der Waals surface area (Å²) in [5.41, 5.74) is 11.1. The fraction of sp³-hybridized carbons (Fsp3) is 0.200. The average molecular weight is 242 g/mol. The van der Waals surface area contributed by atoms with Crippen LogP contribution in [0.5, 0.6) is 5.75 Å². The van der Waals surface area contributed by atoms with E-state index in [9.17, 15) is 0 Å². The summed E-state index contributed by atoms with van der Waals surface area (Å²) >= 11 is 0. The van der Waals surface area contributed by atoms with Crippen LogP contribution in [0.2, 0.25) is 0 Å². The number of hydrogen-bond acceptors (Lipinski definition) is 3. The van der Waals surface area contributed by atoms with E-state index in [4.69, 9.17) is 10.5 Å². The number of hydrogen-bond donors (Lipinski definition) is 2. The molecule has 0 saturated carbocycles. The van der Waals surface area contributed by atoms with Crippen molar-refractivity contribution >= 4 is 17.1 Å². The number of benzene rings is 2. The molecule has 3 N–H and O–H groups in total. The van der Waals surface area contributed by atoms with E-state index < -0.39 is 0 Å². The SMILES string of the molecule is COc1ccc(N)c(Nc2cccc(C)c2C)c1. The molecule has 0 heterocycles. The quantitative estimate of drug-likeness (QED) is 0.808. The van der Waals surface area contributed by atoms with Crippen LogP contribution >= 0.6 is 0 Å². The van der Waals surface area contributed by atoms with Crippen molar-refractivity contribution in [1.82, 2.24) is 0 Å². The fourth-order valence-corrected chi connectivity index (χ4v) is 1.80. The summed E-state index contributed by atoms with van der Waals surface area (Å²) in [6.07, 6.45) is 0. The second-order valence-electron chi connectivity index (χ2n) is 4.33. The summed E-state index contributed by atoms with van der Waals surface area (Å²) in [5.74, 6) is 0.789. The average Bonchev–Trinajstić information content (AvgIpc) is 2.37. The van der Waals surface area contributed by atoms with Gasteiger partial charge >= 0.3 is 0 Å². The van der Waals surface area contributed by atoms with E-state index in [0.717, 1.165) is 17.1 Å². The van der Waals surface area contributed by atoms with E-state index in [0.29, 0.717) is 5.69 Å². The number of methoxy groups -OCH3 is 1. The van der Waals surface area contributed by atoms with E-state index in [1.807, 2.05) is 30.3 Å². The van der Waals surface area contributed by atoms with Crippen molar-refractivity contribution < 1.29 is 4.74 Å². The van der Waals surface area contributed by atoms with E-state index in [2.05, 4.69) is 25.2 Å². The fourth-order valence-electron chi connectivity index (χ4n) is 1.80. The molecule has 0 unspecified atom stereocenters. The van der Waals surface area contributed by atoms with Gasteiger partial charge in [-0.3, -0.25) is 0 Å². The highest BCUT2D eigenvalue weighted by molar-refractivity contribution is 5.75. The highest BCUT2D eigenvalue weighted by Gasteiger charge is 2.05. The van der Waals surface area contributed by atoms with E-state index in [-0.39, 0.29) is 0 Å². The van der Waals surface area contributed by atoms with Gasteiger partial charge < -0.3 is 15.8 Å². The third-order valence-electron chi connectivity index (χ3n) is 3.13. The van der Waals surface area contributed by atoms with Gasteiger partial charge in [-0.1, -0.05) is 12.1 Å². The molecule has 0 spiro atoms. The van der Waals surface area contributed by atoms with Crippen molar-refractivity contribution in [2.24, 2.45) is 0 Å². The molecule has 0 aliphatic heterocycles. The zero-order chi connectivity index (χ0) is 13.1. The summed E-state index contributed by atoms with van der Waals surface area (Å²) in [6, 6.07) is 11.8. The van der Waals surface area contributed by atoms with E-state index in [1.165, 1.54) is 11.1 Å². The Morgan fingerprint density at radius 2 is 1.83 bits per heavy atom. The van der Waals surface area contributed by atoms with Gasteiger partial charge in [0.1, 0.15) is 5.75 Å². The third-order valence-corrected chi connectivity index (χ3v) is 3.13. The maximum Gasteiger partial charge on any atom is 0.121 e. The maximum absolute atomic E-state index is 5.96. The first-order chi connectivity index (χ1) is 8.61. The molecule has 2 rings (SSSR count). The van der Waals surface area contributed by atoms with E-state index in [1.54, 1.807) is 7.11 Å². The number of nitrogen functional groups attached to an aromatic ring is 1. The van der Waals surface area contributed by atoms with Crippen molar-refractivity contribution in [2.75, 3.05) is 18.2 Å². The zero-order valence-corrected chi connectivity index (χ0v) is 10.9. The Bertz CT molecular complexity index is 564. The summed E-state index contributed by atoms with van der Waals surface area (Å²) < 4.78 is 5.21. The summed E-state index contributed by atoms with van der Waals surface area (Å²) in [6.45, 7) is 4.18. The van der Waals surface area contributed by atoms with Gasteiger partial charge in [0, 0.05) is 11.8 Å². The minimum absolute atomic E-state index is 0.705. The molecular weight excluding hydrogens is 224 g/mol. The number of nitrogens with one attached hydrogen (secondary N) is 1. The second kappa shape index (κ2) is 5.00. The maximum atomic E-state index is 5.96. The van der Waals surface area contributed by atoms with Crippen molar-refractivity contribution in [2.45, 2.75) is 13.8 Å². The molecule has 0 aliphatic carbocycles. The molecule has 18 heavy (non-hydrogen) atoms. The molecule has 0 bridgehead atoms. The molecule has 3 heteroatoms.